The number of benzene rings is 2. The molecule has 0 aromatic heterocycles. The van der Waals surface area contributed by atoms with Crippen LogP contribution in [0, 0.1) is 6.92 Å². The second-order valence-corrected chi connectivity index (χ2v) is 8.10. The van der Waals surface area contributed by atoms with Crippen molar-refractivity contribution in [3.63, 3.8) is 0 Å². The van der Waals surface area contributed by atoms with Gasteiger partial charge in [0.15, 0.2) is 0 Å². The van der Waals surface area contributed by atoms with Crippen LogP contribution >= 0.6 is 12.4 Å². The number of sulfonamides is 1. The van der Waals surface area contributed by atoms with E-state index in [1.807, 2.05) is 30.3 Å². The van der Waals surface area contributed by atoms with E-state index < -0.39 is 10.0 Å². The van der Waals surface area contributed by atoms with Crippen molar-refractivity contribution in [1.82, 2.24) is 9.62 Å². The van der Waals surface area contributed by atoms with Crippen LogP contribution in [-0.2, 0) is 16.6 Å². The van der Waals surface area contributed by atoms with Gasteiger partial charge in [-0.1, -0.05) is 43.3 Å². The second-order valence-electron chi connectivity index (χ2n) is 6.33. The maximum atomic E-state index is 13.2. The molecule has 0 saturated heterocycles. The predicted molar refractivity (Wildman–Crippen MR) is 114 cm³/mol. The minimum atomic E-state index is -3.63. The van der Waals surface area contributed by atoms with Crippen molar-refractivity contribution in [2.24, 2.45) is 5.73 Å². The molecule has 28 heavy (non-hydrogen) atoms. The molecule has 154 valence electrons. The van der Waals surface area contributed by atoms with Crippen molar-refractivity contribution in [2.45, 2.75) is 31.7 Å². The fourth-order valence-corrected chi connectivity index (χ4v) is 3.85. The highest BCUT2D eigenvalue weighted by Crippen LogP contribution is 2.19. The molecular formula is C20H28ClN3O3S. The molecule has 0 aliphatic carbocycles. The van der Waals surface area contributed by atoms with E-state index in [0.717, 1.165) is 11.1 Å². The average Bonchev–Trinajstić information content (AvgIpc) is 2.65. The van der Waals surface area contributed by atoms with Gasteiger partial charge in [-0.15, -0.1) is 12.4 Å². The number of amides is 1. The Morgan fingerprint density at radius 2 is 1.82 bits per heavy atom. The van der Waals surface area contributed by atoms with Gasteiger partial charge in [0.05, 0.1) is 4.90 Å². The predicted octanol–water partition coefficient (Wildman–Crippen LogP) is 2.71. The minimum absolute atomic E-state index is 0. The number of carbonyl (C=O) groups is 1. The summed E-state index contributed by atoms with van der Waals surface area (Å²) in [6, 6.07) is 14.3. The third kappa shape index (κ3) is 6.31. The zero-order valence-electron chi connectivity index (χ0n) is 16.2. The smallest absolute Gasteiger partial charge is 0.254 e. The number of rotatable bonds is 9. The normalized spacial score (nSPS) is 11.0. The first-order valence-electron chi connectivity index (χ1n) is 9.02. The van der Waals surface area contributed by atoms with Gasteiger partial charge in [0, 0.05) is 25.2 Å². The third-order valence-electron chi connectivity index (χ3n) is 4.22. The zero-order valence-corrected chi connectivity index (χ0v) is 17.9. The first-order valence-corrected chi connectivity index (χ1v) is 10.5. The van der Waals surface area contributed by atoms with Gasteiger partial charge < -0.3 is 10.6 Å². The highest BCUT2D eigenvalue weighted by Gasteiger charge is 2.21. The molecule has 0 fully saturated rings. The first kappa shape index (κ1) is 24.1. The zero-order chi connectivity index (χ0) is 19.9. The van der Waals surface area contributed by atoms with Crippen LogP contribution in [0.5, 0.6) is 0 Å². The summed E-state index contributed by atoms with van der Waals surface area (Å²) in [5.41, 5.74) is 7.77. The van der Waals surface area contributed by atoms with Crippen LogP contribution in [0.15, 0.2) is 53.4 Å². The summed E-state index contributed by atoms with van der Waals surface area (Å²) in [4.78, 5) is 15.0. The van der Waals surface area contributed by atoms with Gasteiger partial charge in [0.25, 0.3) is 5.91 Å². The van der Waals surface area contributed by atoms with Crippen molar-refractivity contribution in [3.8, 4) is 0 Å². The van der Waals surface area contributed by atoms with Crippen LogP contribution < -0.4 is 10.5 Å². The minimum Gasteiger partial charge on any atom is -0.334 e. The second kappa shape index (κ2) is 11.2. The fourth-order valence-electron chi connectivity index (χ4n) is 2.78. The first-order chi connectivity index (χ1) is 12.9. The number of carbonyl (C=O) groups excluding carboxylic acids is 1. The van der Waals surface area contributed by atoms with Crippen molar-refractivity contribution < 1.29 is 13.2 Å². The van der Waals surface area contributed by atoms with Crippen LogP contribution in [0.1, 0.15) is 34.8 Å². The van der Waals surface area contributed by atoms with Gasteiger partial charge in [-0.05, 0) is 43.1 Å². The van der Waals surface area contributed by atoms with E-state index in [2.05, 4.69) is 4.72 Å². The SMILES string of the molecule is CCNS(=O)(=O)c1ccc(C)c(C(=O)N(CCCN)Cc2ccccc2)c1.Cl. The molecule has 0 aliphatic heterocycles. The molecule has 2 rings (SSSR count). The number of nitrogens with one attached hydrogen (secondary N) is 1. The lowest BCUT2D eigenvalue weighted by Crippen LogP contribution is -2.33. The molecule has 8 heteroatoms. The maximum absolute atomic E-state index is 13.2. The summed E-state index contributed by atoms with van der Waals surface area (Å²) in [5, 5.41) is 0. The molecular weight excluding hydrogens is 398 g/mol. The Kier molecular flexibility index (Phi) is 9.61. The number of hydrogen-bond acceptors (Lipinski definition) is 4. The van der Waals surface area contributed by atoms with E-state index in [1.54, 1.807) is 24.8 Å². The molecule has 0 spiro atoms. The van der Waals surface area contributed by atoms with Crippen molar-refractivity contribution in [1.29, 1.82) is 0 Å². The Balaban J connectivity index is 0.00000392. The summed E-state index contributed by atoms with van der Waals surface area (Å²) in [6.45, 7) is 5.24. The molecule has 3 N–H and O–H groups in total. The largest absolute Gasteiger partial charge is 0.334 e. The van der Waals surface area contributed by atoms with E-state index in [0.29, 0.717) is 31.6 Å². The lowest BCUT2D eigenvalue weighted by atomic mass is 10.1. The van der Waals surface area contributed by atoms with Gasteiger partial charge in [-0.2, -0.15) is 0 Å². The van der Waals surface area contributed by atoms with E-state index in [1.165, 1.54) is 12.1 Å². The Morgan fingerprint density at radius 1 is 1.14 bits per heavy atom. The number of nitrogens with two attached hydrogens (primary N) is 1. The molecule has 0 aliphatic rings. The number of nitrogens with zero attached hydrogens (tertiary/aromatic N) is 1. The summed E-state index contributed by atoms with van der Waals surface area (Å²) in [6.07, 6.45) is 0.674. The molecule has 6 nitrogen and oxygen atoms in total. The van der Waals surface area contributed by atoms with E-state index in [9.17, 15) is 13.2 Å². The average molecular weight is 426 g/mol. The van der Waals surface area contributed by atoms with Gasteiger partial charge in [-0.25, -0.2) is 13.1 Å². The number of aryl methyl sites for hydroxylation is 1. The van der Waals surface area contributed by atoms with Gasteiger partial charge in [0.1, 0.15) is 0 Å². The van der Waals surface area contributed by atoms with Crippen LogP contribution in [0.2, 0.25) is 0 Å². The highest BCUT2D eigenvalue weighted by atomic mass is 35.5. The van der Waals surface area contributed by atoms with Crippen molar-refractivity contribution in [3.05, 3.63) is 65.2 Å². The van der Waals surface area contributed by atoms with Crippen LogP contribution in [-0.4, -0.2) is 38.9 Å². The standard InChI is InChI=1S/C20H27N3O3S.ClH/c1-3-22-27(25,26)18-11-10-16(2)19(14-18)20(24)23(13-7-12-21)15-17-8-5-4-6-9-17;/h4-6,8-11,14,22H,3,7,12-13,15,21H2,1-2H3;1H. The van der Waals surface area contributed by atoms with E-state index in [-0.39, 0.29) is 29.8 Å². The monoisotopic (exact) mass is 425 g/mol. The molecule has 2 aromatic carbocycles. The van der Waals surface area contributed by atoms with Gasteiger partial charge in [-0.3, -0.25) is 4.79 Å². The number of hydrogen-bond donors (Lipinski definition) is 2. The van der Waals surface area contributed by atoms with Gasteiger partial charge in [0.2, 0.25) is 10.0 Å². The molecule has 0 unspecified atom stereocenters. The highest BCUT2D eigenvalue weighted by molar-refractivity contribution is 7.89. The number of halogens is 1. The molecule has 0 atom stereocenters. The fraction of sp³-hybridized carbons (Fsp3) is 0.350. The van der Waals surface area contributed by atoms with Crippen molar-refractivity contribution >= 4 is 28.3 Å². The van der Waals surface area contributed by atoms with E-state index in [4.69, 9.17) is 5.73 Å². The maximum Gasteiger partial charge on any atom is 0.254 e. The molecule has 1 amide bonds. The molecule has 0 saturated carbocycles. The van der Waals surface area contributed by atoms with Crippen LogP contribution in [0.25, 0.3) is 0 Å². The summed E-state index contributed by atoms with van der Waals surface area (Å²) < 4.78 is 27.1. The van der Waals surface area contributed by atoms with Gasteiger partial charge >= 0.3 is 0 Å². The van der Waals surface area contributed by atoms with E-state index >= 15 is 0 Å². The molecule has 0 bridgehead atoms. The topological polar surface area (TPSA) is 92.5 Å². The quantitative estimate of drug-likeness (QED) is 0.646. The van der Waals surface area contributed by atoms with Crippen LogP contribution in [0.4, 0.5) is 0 Å². The summed E-state index contributed by atoms with van der Waals surface area (Å²) in [7, 11) is -3.63. The summed E-state index contributed by atoms with van der Waals surface area (Å²) >= 11 is 0. The summed E-state index contributed by atoms with van der Waals surface area (Å²) in [5.74, 6) is -0.196. The lowest BCUT2D eigenvalue weighted by Gasteiger charge is -2.24. The van der Waals surface area contributed by atoms with Crippen molar-refractivity contribution in [2.75, 3.05) is 19.6 Å². The lowest BCUT2D eigenvalue weighted by molar-refractivity contribution is 0.0741. The Hall–Kier alpha value is -1.93. The third-order valence-corrected chi connectivity index (χ3v) is 5.76. The molecule has 0 radical (unpaired) electrons. The van der Waals surface area contributed by atoms with Crippen LogP contribution in [0.3, 0.4) is 0 Å². The Morgan fingerprint density at radius 3 is 2.43 bits per heavy atom. The molecule has 2 aromatic rings. The molecule has 0 heterocycles. The Bertz CT molecular complexity index is 874. The Labute approximate surface area is 173 Å².